The normalized spacial score (nSPS) is 9.71. The molecular weight excluding hydrogens is 224 g/mol. The third-order valence-corrected chi connectivity index (χ3v) is 2.52. The highest BCUT2D eigenvalue weighted by Crippen LogP contribution is 2.25. The summed E-state index contributed by atoms with van der Waals surface area (Å²) in [7, 11) is 0. The highest BCUT2D eigenvalue weighted by atomic mass is 35.5. The molecule has 0 aliphatic rings. The van der Waals surface area contributed by atoms with Crippen LogP contribution in [0.4, 0.5) is 5.13 Å². The number of fused-ring (bicyclic) bond motifs is 1. The second-order valence-corrected chi connectivity index (χ2v) is 3.57. The Morgan fingerprint density at radius 2 is 2.21 bits per heavy atom. The number of hydrogen-bond acceptors (Lipinski definition) is 4. The van der Waals surface area contributed by atoms with Crippen molar-refractivity contribution in [3.8, 4) is 0 Å². The molecule has 0 atom stereocenters. The summed E-state index contributed by atoms with van der Waals surface area (Å²) in [5.74, 6) is -0.976. The van der Waals surface area contributed by atoms with E-state index in [9.17, 15) is 4.79 Å². The minimum Gasteiger partial charge on any atom is -0.478 e. The predicted molar refractivity (Wildman–Crippen MR) is 58.2 cm³/mol. The zero-order valence-electron chi connectivity index (χ0n) is 6.93. The third kappa shape index (κ3) is 1.64. The van der Waals surface area contributed by atoms with E-state index >= 15 is 0 Å². The van der Waals surface area contributed by atoms with Gasteiger partial charge in [0.25, 0.3) is 0 Å². The van der Waals surface area contributed by atoms with Crippen LogP contribution in [0.25, 0.3) is 10.2 Å². The van der Waals surface area contributed by atoms with E-state index in [1.807, 2.05) is 0 Å². The number of carboxylic acids is 1. The first kappa shape index (κ1) is 10.7. The van der Waals surface area contributed by atoms with Crippen molar-refractivity contribution in [2.45, 2.75) is 0 Å². The molecule has 4 nitrogen and oxygen atoms in total. The van der Waals surface area contributed by atoms with E-state index in [2.05, 4.69) is 4.98 Å². The average molecular weight is 231 g/mol. The Hall–Kier alpha value is -1.33. The van der Waals surface area contributed by atoms with Crippen LogP contribution in [0.15, 0.2) is 18.2 Å². The van der Waals surface area contributed by atoms with Crippen LogP contribution < -0.4 is 5.73 Å². The predicted octanol–water partition coefficient (Wildman–Crippen LogP) is 2.00. The third-order valence-electron chi connectivity index (χ3n) is 1.67. The van der Waals surface area contributed by atoms with Crippen molar-refractivity contribution >= 4 is 45.1 Å². The van der Waals surface area contributed by atoms with Crippen LogP contribution in [0, 0.1) is 0 Å². The molecule has 0 unspecified atom stereocenters. The van der Waals surface area contributed by atoms with Gasteiger partial charge in [-0.1, -0.05) is 17.4 Å². The maximum Gasteiger partial charge on any atom is 0.337 e. The fraction of sp³-hybridized carbons (Fsp3) is 0. The number of carbonyl (C=O) groups is 1. The van der Waals surface area contributed by atoms with Gasteiger partial charge in [-0.3, -0.25) is 0 Å². The molecule has 3 N–H and O–H groups in total. The monoisotopic (exact) mass is 230 g/mol. The molecule has 2 rings (SSSR count). The molecule has 0 fully saturated rings. The molecule has 0 radical (unpaired) electrons. The summed E-state index contributed by atoms with van der Waals surface area (Å²) in [6, 6.07) is 5.00. The summed E-state index contributed by atoms with van der Waals surface area (Å²) in [6.07, 6.45) is 0. The Labute approximate surface area is 89.8 Å². The molecule has 0 aliphatic heterocycles. The Kier molecular flexibility index (Phi) is 2.93. The quantitative estimate of drug-likeness (QED) is 0.786. The lowest BCUT2D eigenvalue weighted by atomic mass is 10.2. The van der Waals surface area contributed by atoms with Crippen LogP contribution in [0.2, 0.25) is 0 Å². The average Bonchev–Trinajstić information content (AvgIpc) is 2.43. The number of benzene rings is 1. The highest BCUT2D eigenvalue weighted by Gasteiger charge is 2.11. The summed E-state index contributed by atoms with van der Waals surface area (Å²) in [6.45, 7) is 0. The van der Waals surface area contributed by atoms with Crippen LogP contribution >= 0.6 is 23.7 Å². The fourth-order valence-corrected chi connectivity index (χ4v) is 1.90. The Balaban J connectivity index is 0.000000980. The summed E-state index contributed by atoms with van der Waals surface area (Å²) in [4.78, 5) is 14.7. The van der Waals surface area contributed by atoms with E-state index in [0.717, 1.165) is 4.70 Å². The Morgan fingerprint density at radius 1 is 1.50 bits per heavy atom. The smallest absolute Gasteiger partial charge is 0.337 e. The summed E-state index contributed by atoms with van der Waals surface area (Å²) < 4.78 is 0.803. The molecule has 6 heteroatoms. The van der Waals surface area contributed by atoms with Crippen molar-refractivity contribution in [1.82, 2.24) is 4.98 Å². The van der Waals surface area contributed by atoms with Crippen LogP contribution in [-0.2, 0) is 0 Å². The van der Waals surface area contributed by atoms with E-state index in [-0.39, 0.29) is 18.0 Å². The van der Waals surface area contributed by atoms with Gasteiger partial charge in [0.15, 0.2) is 5.13 Å². The van der Waals surface area contributed by atoms with Gasteiger partial charge in [-0.15, -0.1) is 12.4 Å². The lowest BCUT2D eigenvalue weighted by Gasteiger charge is -1.93. The van der Waals surface area contributed by atoms with Crippen molar-refractivity contribution in [2.75, 3.05) is 5.73 Å². The molecular formula is C8H7ClN2O2S. The first-order valence-corrected chi connectivity index (χ1v) is 4.38. The number of hydrogen-bond donors (Lipinski definition) is 2. The number of halogens is 1. The van der Waals surface area contributed by atoms with Crippen LogP contribution in [0.1, 0.15) is 10.4 Å². The van der Waals surface area contributed by atoms with E-state index in [0.29, 0.717) is 10.6 Å². The van der Waals surface area contributed by atoms with Crippen molar-refractivity contribution in [3.05, 3.63) is 23.8 Å². The maximum absolute atomic E-state index is 10.7. The SMILES string of the molecule is Cl.Nc1nc2c(C(=O)O)cccc2s1. The summed E-state index contributed by atoms with van der Waals surface area (Å²) in [5.41, 5.74) is 6.14. The topological polar surface area (TPSA) is 76.2 Å². The van der Waals surface area contributed by atoms with Gasteiger partial charge in [0.1, 0.15) is 0 Å². The number of carboxylic acid groups (broad SMARTS) is 1. The number of aromatic nitrogens is 1. The van der Waals surface area contributed by atoms with Gasteiger partial charge in [0, 0.05) is 0 Å². The minimum atomic E-state index is -0.976. The van der Waals surface area contributed by atoms with Gasteiger partial charge >= 0.3 is 5.97 Å². The molecule has 1 aromatic carbocycles. The molecule has 0 saturated heterocycles. The molecule has 0 bridgehead atoms. The summed E-state index contributed by atoms with van der Waals surface area (Å²) >= 11 is 1.29. The molecule has 14 heavy (non-hydrogen) atoms. The van der Waals surface area contributed by atoms with E-state index in [4.69, 9.17) is 10.8 Å². The first-order valence-electron chi connectivity index (χ1n) is 3.57. The molecule has 2 aromatic rings. The highest BCUT2D eigenvalue weighted by molar-refractivity contribution is 7.22. The van der Waals surface area contributed by atoms with Gasteiger partial charge in [-0.2, -0.15) is 0 Å². The molecule has 1 aromatic heterocycles. The fourth-order valence-electron chi connectivity index (χ4n) is 1.14. The number of thiazole rings is 1. The number of aromatic carboxylic acids is 1. The van der Waals surface area contributed by atoms with Gasteiger partial charge in [0.2, 0.25) is 0 Å². The molecule has 74 valence electrons. The number of nitrogens with zero attached hydrogens (tertiary/aromatic N) is 1. The molecule has 0 saturated carbocycles. The number of anilines is 1. The van der Waals surface area contributed by atoms with Gasteiger partial charge < -0.3 is 10.8 Å². The van der Waals surface area contributed by atoms with Gasteiger partial charge in [-0.05, 0) is 12.1 Å². The standard InChI is InChI=1S/C8H6N2O2S.ClH/c9-8-10-6-4(7(11)12)2-1-3-5(6)13-8;/h1-3H,(H2,9,10)(H,11,12);1H. The van der Waals surface area contributed by atoms with Gasteiger partial charge in [-0.25, -0.2) is 9.78 Å². The van der Waals surface area contributed by atoms with Crippen LogP contribution in [-0.4, -0.2) is 16.1 Å². The van der Waals surface area contributed by atoms with Crippen molar-refractivity contribution in [2.24, 2.45) is 0 Å². The van der Waals surface area contributed by atoms with E-state index in [1.165, 1.54) is 17.4 Å². The number of nitrogens with two attached hydrogens (primary N) is 1. The van der Waals surface area contributed by atoms with Crippen molar-refractivity contribution < 1.29 is 9.90 Å². The van der Waals surface area contributed by atoms with Gasteiger partial charge in [0.05, 0.1) is 15.8 Å². The lowest BCUT2D eigenvalue weighted by Crippen LogP contribution is -1.96. The molecule has 0 spiro atoms. The van der Waals surface area contributed by atoms with Crippen molar-refractivity contribution in [1.29, 1.82) is 0 Å². The maximum atomic E-state index is 10.7. The molecule has 0 amide bonds. The molecule has 1 heterocycles. The number of nitrogen functional groups attached to an aromatic ring is 1. The van der Waals surface area contributed by atoms with E-state index in [1.54, 1.807) is 12.1 Å². The van der Waals surface area contributed by atoms with Crippen LogP contribution in [0.5, 0.6) is 0 Å². The zero-order chi connectivity index (χ0) is 9.42. The second-order valence-electron chi connectivity index (χ2n) is 2.51. The number of rotatable bonds is 1. The largest absolute Gasteiger partial charge is 0.478 e. The lowest BCUT2D eigenvalue weighted by molar-refractivity contribution is 0.0699. The Bertz CT molecular complexity index is 483. The second kappa shape index (κ2) is 3.81. The number of para-hydroxylation sites is 1. The van der Waals surface area contributed by atoms with Crippen LogP contribution in [0.3, 0.4) is 0 Å². The minimum absolute atomic E-state index is 0. The van der Waals surface area contributed by atoms with Crippen molar-refractivity contribution in [3.63, 3.8) is 0 Å². The zero-order valence-corrected chi connectivity index (χ0v) is 8.56. The first-order chi connectivity index (χ1) is 6.18. The Morgan fingerprint density at radius 3 is 2.86 bits per heavy atom. The summed E-state index contributed by atoms with van der Waals surface area (Å²) in [5, 5.41) is 9.21. The molecule has 0 aliphatic carbocycles. The van der Waals surface area contributed by atoms with E-state index < -0.39 is 5.97 Å².